The Hall–Kier alpha value is -2.66. The topological polar surface area (TPSA) is 45.4 Å². The maximum atomic E-state index is 5.48. The summed E-state index contributed by atoms with van der Waals surface area (Å²) in [5, 5.41) is 4.12. The van der Waals surface area contributed by atoms with Crippen LogP contribution in [-0.4, -0.2) is 40.7 Å². The lowest BCUT2D eigenvalue weighted by Gasteiger charge is -2.40. The van der Waals surface area contributed by atoms with E-state index < -0.39 is 0 Å². The molecule has 4 rings (SSSR count). The third kappa shape index (κ3) is 3.63. The lowest BCUT2D eigenvalue weighted by Crippen LogP contribution is -2.51. The third-order valence-corrected chi connectivity index (χ3v) is 5.00. The lowest BCUT2D eigenvalue weighted by molar-refractivity contribution is 0.159. The van der Waals surface area contributed by atoms with Crippen molar-refractivity contribution in [2.24, 2.45) is 0 Å². The Morgan fingerprint density at radius 1 is 1.04 bits per heavy atom. The molecule has 1 aromatic heterocycles. The fraction of sp³-hybridized carbons (Fsp3) is 0.333. The number of anilines is 1. The highest BCUT2D eigenvalue weighted by atomic mass is 16.5. The minimum absolute atomic E-state index is 0.428. The molecule has 134 valence electrons. The van der Waals surface area contributed by atoms with Crippen LogP contribution >= 0.6 is 0 Å². The summed E-state index contributed by atoms with van der Waals surface area (Å²) in [7, 11) is 0. The molecule has 26 heavy (non-hydrogen) atoms. The molecule has 1 saturated heterocycles. The zero-order valence-corrected chi connectivity index (χ0v) is 15.3. The van der Waals surface area contributed by atoms with Gasteiger partial charge in [0.15, 0.2) is 0 Å². The van der Waals surface area contributed by atoms with Crippen LogP contribution < -0.4 is 4.90 Å². The molecule has 2 heterocycles. The molecule has 0 aliphatic carbocycles. The van der Waals surface area contributed by atoms with Gasteiger partial charge >= 0.3 is 0 Å². The van der Waals surface area contributed by atoms with Crippen molar-refractivity contribution in [3.05, 3.63) is 66.1 Å². The Labute approximate surface area is 154 Å². The van der Waals surface area contributed by atoms with Gasteiger partial charge in [-0.2, -0.15) is 4.98 Å². The molecule has 0 bridgehead atoms. The SMILES string of the molecule is Cc1ccc(N2CCN(Cc3nc(-c4ccccc4)no3)C(C)C2)cc1. The highest BCUT2D eigenvalue weighted by Crippen LogP contribution is 2.21. The molecule has 3 aromatic rings. The molecular weight excluding hydrogens is 324 g/mol. The largest absolute Gasteiger partial charge is 0.369 e. The van der Waals surface area contributed by atoms with E-state index in [4.69, 9.17) is 4.52 Å². The van der Waals surface area contributed by atoms with Gasteiger partial charge in [0.1, 0.15) is 0 Å². The van der Waals surface area contributed by atoms with Gasteiger partial charge in [-0.25, -0.2) is 0 Å². The van der Waals surface area contributed by atoms with E-state index in [0.29, 0.717) is 24.3 Å². The quantitative estimate of drug-likeness (QED) is 0.718. The summed E-state index contributed by atoms with van der Waals surface area (Å²) in [5.74, 6) is 1.34. The van der Waals surface area contributed by atoms with Gasteiger partial charge in [-0.15, -0.1) is 0 Å². The second-order valence-corrected chi connectivity index (χ2v) is 6.98. The first-order chi connectivity index (χ1) is 12.7. The van der Waals surface area contributed by atoms with Crippen molar-refractivity contribution in [2.75, 3.05) is 24.5 Å². The number of hydrogen-bond donors (Lipinski definition) is 0. The van der Waals surface area contributed by atoms with Gasteiger partial charge in [0, 0.05) is 36.9 Å². The summed E-state index contributed by atoms with van der Waals surface area (Å²) in [5.41, 5.74) is 3.58. The van der Waals surface area contributed by atoms with Crippen LogP contribution in [0.5, 0.6) is 0 Å². The lowest BCUT2D eigenvalue weighted by atomic mass is 10.1. The highest BCUT2D eigenvalue weighted by molar-refractivity contribution is 5.53. The fourth-order valence-corrected chi connectivity index (χ4v) is 3.42. The normalized spacial score (nSPS) is 18.2. The van der Waals surface area contributed by atoms with E-state index in [-0.39, 0.29) is 0 Å². The number of benzene rings is 2. The van der Waals surface area contributed by atoms with Crippen molar-refractivity contribution >= 4 is 5.69 Å². The van der Waals surface area contributed by atoms with E-state index in [9.17, 15) is 0 Å². The fourth-order valence-electron chi connectivity index (χ4n) is 3.42. The van der Waals surface area contributed by atoms with Crippen molar-refractivity contribution in [2.45, 2.75) is 26.4 Å². The number of piperazine rings is 1. The molecule has 2 aromatic carbocycles. The molecule has 5 nitrogen and oxygen atoms in total. The van der Waals surface area contributed by atoms with E-state index in [1.165, 1.54) is 11.3 Å². The van der Waals surface area contributed by atoms with E-state index in [1.807, 2.05) is 30.3 Å². The average molecular weight is 348 g/mol. The Morgan fingerprint density at radius 3 is 2.54 bits per heavy atom. The molecule has 0 spiro atoms. The summed E-state index contributed by atoms with van der Waals surface area (Å²) >= 11 is 0. The summed E-state index contributed by atoms with van der Waals surface area (Å²) in [6.07, 6.45) is 0. The number of aromatic nitrogens is 2. The molecule has 0 saturated carbocycles. The van der Waals surface area contributed by atoms with Crippen molar-refractivity contribution < 1.29 is 4.52 Å². The smallest absolute Gasteiger partial charge is 0.241 e. The van der Waals surface area contributed by atoms with Crippen LogP contribution in [0.1, 0.15) is 18.4 Å². The van der Waals surface area contributed by atoms with Crippen molar-refractivity contribution in [1.82, 2.24) is 15.0 Å². The van der Waals surface area contributed by atoms with Gasteiger partial charge in [-0.1, -0.05) is 53.2 Å². The molecule has 1 unspecified atom stereocenters. The maximum Gasteiger partial charge on any atom is 0.241 e. The van der Waals surface area contributed by atoms with Gasteiger partial charge in [-0.05, 0) is 26.0 Å². The van der Waals surface area contributed by atoms with Gasteiger partial charge in [0.25, 0.3) is 0 Å². The van der Waals surface area contributed by atoms with E-state index in [0.717, 1.165) is 25.2 Å². The van der Waals surface area contributed by atoms with Gasteiger partial charge in [-0.3, -0.25) is 4.90 Å². The molecule has 1 aliphatic heterocycles. The Morgan fingerprint density at radius 2 is 1.81 bits per heavy atom. The van der Waals surface area contributed by atoms with E-state index in [1.54, 1.807) is 0 Å². The third-order valence-electron chi connectivity index (χ3n) is 5.00. The van der Waals surface area contributed by atoms with Crippen LogP contribution in [0.4, 0.5) is 5.69 Å². The Balaban J connectivity index is 1.39. The van der Waals surface area contributed by atoms with Crippen LogP contribution in [-0.2, 0) is 6.54 Å². The van der Waals surface area contributed by atoms with Crippen LogP contribution in [0.2, 0.25) is 0 Å². The molecule has 1 fully saturated rings. The molecule has 0 radical (unpaired) electrons. The maximum absolute atomic E-state index is 5.48. The second kappa shape index (κ2) is 7.30. The summed E-state index contributed by atoms with van der Waals surface area (Å²) in [4.78, 5) is 9.42. The summed E-state index contributed by atoms with van der Waals surface area (Å²) in [6, 6.07) is 19.2. The summed E-state index contributed by atoms with van der Waals surface area (Å²) < 4.78 is 5.48. The number of aryl methyl sites for hydroxylation is 1. The Bertz CT molecular complexity index is 844. The van der Waals surface area contributed by atoms with Crippen LogP contribution in [0.15, 0.2) is 59.1 Å². The van der Waals surface area contributed by atoms with Crippen LogP contribution in [0, 0.1) is 6.92 Å². The minimum atomic E-state index is 0.428. The summed E-state index contributed by atoms with van der Waals surface area (Å²) in [6.45, 7) is 8.07. The first-order valence-corrected chi connectivity index (χ1v) is 9.13. The van der Waals surface area contributed by atoms with Crippen molar-refractivity contribution in [1.29, 1.82) is 0 Å². The van der Waals surface area contributed by atoms with Gasteiger partial charge in [0.05, 0.1) is 6.54 Å². The molecule has 0 amide bonds. The van der Waals surface area contributed by atoms with E-state index >= 15 is 0 Å². The second-order valence-electron chi connectivity index (χ2n) is 6.98. The minimum Gasteiger partial charge on any atom is -0.369 e. The monoisotopic (exact) mass is 348 g/mol. The van der Waals surface area contributed by atoms with Crippen LogP contribution in [0.3, 0.4) is 0 Å². The standard InChI is InChI=1S/C21H24N4O/c1-16-8-10-19(11-9-16)25-13-12-24(17(2)14-25)15-20-22-21(23-26-20)18-6-4-3-5-7-18/h3-11,17H,12-15H2,1-2H3. The number of hydrogen-bond acceptors (Lipinski definition) is 5. The Kier molecular flexibility index (Phi) is 4.71. The van der Waals surface area contributed by atoms with E-state index in [2.05, 4.69) is 58.1 Å². The zero-order chi connectivity index (χ0) is 17.9. The highest BCUT2D eigenvalue weighted by Gasteiger charge is 2.25. The predicted octanol–water partition coefficient (Wildman–Crippen LogP) is 3.76. The molecule has 0 N–H and O–H groups in total. The predicted molar refractivity (Wildman–Crippen MR) is 103 cm³/mol. The van der Waals surface area contributed by atoms with Crippen molar-refractivity contribution in [3.63, 3.8) is 0 Å². The molecule has 1 atom stereocenters. The number of rotatable bonds is 4. The van der Waals surface area contributed by atoms with Crippen LogP contribution in [0.25, 0.3) is 11.4 Å². The molecule has 5 heteroatoms. The molecular formula is C21H24N4O. The van der Waals surface area contributed by atoms with Gasteiger partial charge < -0.3 is 9.42 Å². The molecule has 1 aliphatic rings. The van der Waals surface area contributed by atoms with Gasteiger partial charge in [0.2, 0.25) is 11.7 Å². The average Bonchev–Trinajstić information content (AvgIpc) is 3.13. The first kappa shape index (κ1) is 16.8. The van der Waals surface area contributed by atoms with Crippen molar-refractivity contribution in [3.8, 4) is 11.4 Å². The number of nitrogens with zero attached hydrogens (tertiary/aromatic N) is 4. The first-order valence-electron chi connectivity index (χ1n) is 9.13. The zero-order valence-electron chi connectivity index (χ0n) is 15.3.